The quantitative estimate of drug-likeness (QED) is 0.197. The van der Waals surface area contributed by atoms with Gasteiger partial charge in [-0.2, -0.15) is 0 Å². The van der Waals surface area contributed by atoms with Crippen LogP contribution in [0, 0.1) is 11.2 Å². The number of hydrogen-bond donors (Lipinski definition) is 0. The molecular weight excluding hydrogens is 561 g/mol. The molecule has 0 aromatic heterocycles. The molecule has 2 heterocycles. The maximum absolute atomic E-state index is 14.9. The van der Waals surface area contributed by atoms with Crippen LogP contribution in [0.2, 0.25) is 0 Å². The molecule has 0 amide bonds. The molecule has 0 unspecified atom stereocenters. The summed E-state index contributed by atoms with van der Waals surface area (Å²) in [6.45, 7) is 0. The topological polar surface area (TPSA) is 82.1 Å². The average molecular weight is 590 g/mol. The Hall–Kier alpha value is -5.24. The van der Waals surface area contributed by atoms with Crippen molar-refractivity contribution >= 4 is 29.1 Å². The number of Topliss-reactive ketones (excluding diaryl/α,β-unsaturated/α-hetero) is 3. The fourth-order valence-electron chi connectivity index (χ4n) is 7.43. The number of ketones is 3. The number of fused-ring (bicyclic) bond motifs is 5. The molecule has 4 aromatic carbocycles. The van der Waals surface area contributed by atoms with E-state index in [4.69, 9.17) is 14.2 Å². The normalized spacial score (nSPS) is 20.7. The molecule has 4 aromatic rings. The summed E-state index contributed by atoms with van der Waals surface area (Å²) in [5.41, 5.74) is 0.783. The highest BCUT2D eigenvalue weighted by molar-refractivity contribution is 6.32. The minimum Gasteiger partial charge on any atom is -0.493 e. The summed E-state index contributed by atoms with van der Waals surface area (Å²) >= 11 is 0. The number of methoxy groups -OCH3 is 3. The first-order chi connectivity index (χ1) is 21.4. The van der Waals surface area contributed by atoms with Crippen molar-refractivity contribution in [1.82, 2.24) is 0 Å². The molecule has 1 saturated heterocycles. The number of benzene rings is 4. The van der Waals surface area contributed by atoms with Gasteiger partial charge in [0, 0.05) is 39.4 Å². The van der Waals surface area contributed by atoms with Gasteiger partial charge in [0.05, 0.1) is 27.4 Å². The van der Waals surface area contributed by atoms with Gasteiger partial charge in [-0.1, -0.05) is 72.8 Å². The van der Waals surface area contributed by atoms with Gasteiger partial charge in [0.15, 0.2) is 28.8 Å². The molecule has 7 rings (SSSR count). The van der Waals surface area contributed by atoms with Gasteiger partial charge in [0.2, 0.25) is 5.75 Å². The van der Waals surface area contributed by atoms with Gasteiger partial charge in [-0.05, 0) is 24.3 Å². The van der Waals surface area contributed by atoms with Crippen molar-refractivity contribution in [2.45, 2.75) is 18.0 Å². The van der Waals surface area contributed by atoms with Crippen LogP contribution in [0.25, 0.3) is 6.08 Å². The predicted octanol–water partition coefficient (Wildman–Crippen LogP) is 6.17. The maximum atomic E-state index is 14.9. The Morgan fingerprint density at radius 2 is 1.45 bits per heavy atom. The van der Waals surface area contributed by atoms with E-state index < -0.39 is 29.2 Å². The number of nitrogens with zero attached hydrogens (tertiary/aromatic N) is 1. The lowest BCUT2D eigenvalue weighted by molar-refractivity contribution is 0.0664. The Balaban J connectivity index is 1.60. The Morgan fingerprint density at radius 3 is 2.09 bits per heavy atom. The van der Waals surface area contributed by atoms with Crippen molar-refractivity contribution in [2.75, 3.05) is 26.2 Å². The summed E-state index contributed by atoms with van der Waals surface area (Å²) in [6.07, 6.45) is 3.48. The first-order valence-electron chi connectivity index (χ1n) is 14.2. The van der Waals surface area contributed by atoms with E-state index in [1.807, 2.05) is 11.0 Å². The molecular formula is C36H28FNO6. The lowest BCUT2D eigenvalue weighted by Gasteiger charge is -2.37. The number of rotatable bonds is 6. The molecule has 1 spiro atoms. The van der Waals surface area contributed by atoms with Crippen molar-refractivity contribution in [2.24, 2.45) is 5.41 Å². The number of ether oxygens (including phenoxy) is 3. The molecule has 44 heavy (non-hydrogen) atoms. The summed E-state index contributed by atoms with van der Waals surface area (Å²) in [5.74, 6) is -1.63. The second kappa shape index (κ2) is 10.2. The minimum atomic E-state index is -1.76. The number of carbonyl (C=O) groups is 3. The van der Waals surface area contributed by atoms with Gasteiger partial charge in [0.1, 0.15) is 17.3 Å². The van der Waals surface area contributed by atoms with E-state index in [0.717, 1.165) is 0 Å². The molecule has 8 heteroatoms. The Bertz CT molecular complexity index is 1850. The average Bonchev–Trinajstić information content (AvgIpc) is 3.49. The van der Waals surface area contributed by atoms with E-state index in [1.54, 1.807) is 78.9 Å². The van der Waals surface area contributed by atoms with Crippen LogP contribution in [0.1, 0.15) is 48.1 Å². The Kier molecular flexibility index (Phi) is 6.39. The van der Waals surface area contributed by atoms with Crippen molar-refractivity contribution in [3.8, 4) is 17.2 Å². The van der Waals surface area contributed by atoms with Crippen LogP contribution in [-0.4, -0.2) is 50.8 Å². The first kappa shape index (κ1) is 27.6. The summed E-state index contributed by atoms with van der Waals surface area (Å²) in [6, 6.07) is 21.3. The lowest BCUT2D eigenvalue weighted by atomic mass is 9.64. The zero-order chi connectivity index (χ0) is 30.7. The lowest BCUT2D eigenvalue weighted by Crippen LogP contribution is -2.48. The summed E-state index contributed by atoms with van der Waals surface area (Å²) in [5, 5.41) is 0. The summed E-state index contributed by atoms with van der Waals surface area (Å²) in [7, 11) is 4.44. The number of hydrogen-bond acceptors (Lipinski definition) is 7. The zero-order valence-electron chi connectivity index (χ0n) is 24.2. The van der Waals surface area contributed by atoms with Crippen molar-refractivity contribution in [3.05, 3.63) is 125 Å². The fourth-order valence-corrected chi connectivity index (χ4v) is 7.43. The number of halogens is 1. The first-order valence-corrected chi connectivity index (χ1v) is 14.2. The van der Waals surface area contributed by atoms with Crippen molar-refractivity contribution < 1.29 is 33.0 Å². The molecule has 1 aliphatic carbocycles. The third-order valence-electron chi connectivity index (χ3n) is 9.16. The molecule has 0 saturated carbocycles. The summed E-state index contributed by atoms with van der Waals surface area (Å²) < 4.78 is 31.7. The standard InChI is InChI=1S/C36H28FNO6/c1-42-27-17-15-25(32(43-2)33(27)44-3)29-30(31(39)20-9-5-4-6-10-20)38-26-16-14-22(37)19-21(26)13-18-28(38)36(29)34(40)23-11-7-8-12-24(23)35(36)41/h4-19,28-30H,1-3H3/t28-,29+,30+/m1/s1. The Labute approximate surface area is 253 Å². The number of carbonyl (C=O) groups excluding carboxylic acids is 3. The highest BCUT2D eigenvalue weighted by Gasteiger charge is 2.72. The van der Waals surface area contributed by atoms with Gasteiger partial charge in [0.25, 0.3) is 0 Å². The highest BCUT2D eigenvalue weighted by Crippen LogP contribution is 2.63. The number of anilines is 1. The molecule has 0 radical (unpaired) electrons. The SMILES string of the molecule is COc1ccc([C@H]2[C@@H](C(=O)c3ccccc3)N3c4ccc(F)cc4C=C[C@@H]3C23C(=O)c2ccccc2C3=O)c(OC)c1OC. The maximum Gasteiger partial charge on any atom is 0.203 e. The molecule has 2 aliphatic heterocycles. The van der Waals surface area contributed by atoms with E-state index in [-0.39, 0.29) is 28.8 Å². The molecule has 1 fully saturated rings. The minimum absolute atomic E-state index is 0.252. The van der Waals surface area contributed by atoms with E-state index in [2.05, 4.69) is 0 Å². The van der Waals surface area contributed by atoms with Crippen LogP contribution in [0.5, 0.6) is 17.2 Å². The van der Waals surface area contributed by atoms with E-state index in [9.17, 15) is 18.8 Å². The molecule has 3 aliphatic rings. The smallest absolute Gasteiger partial charge is 0.203 e. The second-order valence-corrected chi connectivity index (χ2v) is 11.1. The van der Waals surface area contributed by atoms with Gasteiger partial charge in [-0.25, -0.2) is 4.39 Å². The fraction of sp³-hybridized carbons (Fsp3) is 0.194. The van der Waals surface area contributed by atoms with Crippen LogP contribution >= 0.6 is 0 Å². The van der Waals surface area contributed by atoms with E-state index >= 15 is 0 Å². The van der Waals surface area contributed by atoms with Crippen molar-refractivity contribution in [1.29, 1.82) is 0 Å². The van der Waals surface area contributed by atoms with Crippen LogP contribution in [0.15, 0.2) is 91.0 Å². The molecule has 0 bridgehead atoms. The van der Waals surface area contributed by atoms with Crippen LogP contribution < -0.4 is 19.1 Å². The third-order valence-corrected chi connectivity index (χ3v) is 9.16. The molecule has 3 atom stereocenters. The predicted molar refractivity (Wildman–Crippen MR) is 163 cm³/mol. The van der Waals surface area contributed by atoms with Crippen LogP contribution in [0.4, 0.5) is 10.1 Å². The Morgan fingerprint density at radius 1 is 0.795 bits per heavy atom. The van der Waals surface area contributed by atoms with Gasteiger partial charge in [-0.3, -0.25) is 14.4 Å². The monoisotopic (exact) mass is 589 g/mol. The van der Waals surface area contributed by atoms with Crippen LogP contribution in [-0.2, 0) is 0 Å². The van der Waals surface area contributed by atoms with Crippen LogP contribution in [0.3, 0.4) is 0 Å². The second-order valence-electron chi connectivity index (χ2n) is 11.1. The molecule has 0 N–H and O–H groups in total. The van der Waals surface area contributed by atoms with E-state index in [1.165, 1.54) is 33.5 Å². The van der Waals surface area contributed by atoms with Gasteiger partial charge >= 0.3 is 0 Å². The van der Waals surface area contributed by atoms with Gasteiger partial charge in [-0.15, -0.1) is 0 Å². The molecule has 7 nitrogen and oxygen atoms in total. The largest absolute Gasteiger partial charge is 0.493 e. The van der Waals surface area contributed by atoms with Crippen molar-refractivity contribution in [3.63, 3.8) is 0 Å². The molecule has 220 valence electrons. The summed E-state index contributed by atoms with van der Waals surface area (Å²) in [4.78, 5) is 46.4. The van der Waals surface area contributed by atoms with E-state index in [0.29, 0.717) is 39.3 Å². The zero-order valence-corrected chi connectivity index (χ0v) is 24.2. The third kappa shape index (κ3) is 3.57. The highest BCUT2D eigenvalue weighted by atomic mass is 19.1. The van der Waals surface area contributed by atoms with Gasteiger partial charge < -0.3 is 19.1 Å².